The minimum Gasteiger partial charge on any atom is -0.465 e. The van der Waals surface area contributed by atoms with E-state index in [4.69, 9.17) is 9.47 Å². The van der Waals surface area contributed by atoms with Crippen molar-refractivity contribution in [2.24, 2.45) is 11.8 Å². The highest BCUT2D eigenvalue weighted by molar-refractivity contribution is 8.13. The molecule has 0 radical (unpaired) electrons. The first kappa shape index (κ1) is 23.7. The van der Waals surface area contributed by atoms with Crippen molar-refractivity contribution in [1.29, 1.82) is 0 Å². The van der Waals surface area contributed by atoms with E-state index in [1.165, 1.54) is 0 Å². The van der Waals surface area contributed by atoms with Crippen molar-refractivity contribution in [3.63, 3.8) is 0 Å². The molecule has 8 heteroatoms. The fourth-order valence-corrected chi connectivity index (χ4v) is 7.21. The van der Waals surface area contributed by atoms with E-state index in [0.717, 1.165) is 36.6 Å². The van der Waals surface area contributed by atoms with Gasteiger partial charge in [-0.25, -0.2) is 8.42 Å². The Hall–Kier alpha value is -1.54. The van der Waals surface area contributed by atoms with Crippen LogP contribution in [-0.2, 0) is 28.9 Å². The van der Waals surface area contributed by atoms with Gasteiger partial charge in [-0.1, -0.05) is 37.5 Å². The highest BCUT2D eigenvalue weighted by atomic mass is 32.3. The van der Waals surface area contributed by atoms with Gasteiger partial charge in [-0.3, -0.25) is 9.59 Å². The molecule has 0 amide bonds. The number of ether oxygens (including phenoxy) is 2. The Kier molecular flexibility index (Phi) is 8.58. The standard InChI is InChI=1S/C21H30O6S2/c1-5-7-8-9-16-17(18(20(23)27-16)19(22)26-6-2)21(28-4)29(24,25)15-12-10-14(3)11-13-15/h10-13,16-18,21H,5-9H2,1-4H3. The van der Waals surface area contributed by atoms with Crippen LogP contribution in [0.5, 0.6) is 0 Å². The molecule has 1 aromatic rings. The number of esters is 2. The average Bonchev–Trinajstić information content (AvgIpc) is 2.99. The summed E-state index contributed by atoms with van der Waals surface area (Å²) in [6.45, 7) is 5.71. The van der Waals surface area contributed by atoms with Crippen LogP contribution in [0.2, 0.25) is 0 Å². The number of sulfone groups is 1. The van der Waals surface area contributed by atoms with Gasteiger partial charge in [0.2, 0.25) is 0 Å². The third-order valence-electron chi connectivity index (χ3n) is 5.17. The van der Waals surface area contributed by atoms with Crippen molar-refractivity contribution >= 4 is 33.5 Å². The van der Waals surface area contributed by atoms with Gasteiger partial charge in [-0.15, -0.1) is 11.8 Å². The Morgan fingerprint density at radius 1 is 1.21 bits per heavy atom. The van der Waals surface area contributed by atoms with Crippen LogP contribution >= 0.6 is 11.8 Å². The Labute approximate surface area is 177 Å². The van der Waals surface area contributed by atoms with Crippen LogP contribution in [0.1, 0.15) is 45.1 Å². The topological polar surface area (TPSA) is 86.7 Å². The molecule has 1 fully saturated rings. The quantitative estimate of drug-likeness (QED) is 0.310. The first-order valence-corrected chi connectivity index (χ1v) is 12.8. The number of aryl methyl sites for hydroxylation is 1. The lowest BCUT2D eigenvalue weighted by atomic mass is 9.89. The van der Waals surface area contributed by atoms with Gasteiger partial charge in [-0.05, 0) is 45.1 Å². The second kappa shape index (κ2) is 10.5. The zero-order chi connectivity index (χ0) is 21.6. The van der Waals surface area contributed by atoms with E-state index in [2.05, 4.69) is 6.92 Å². The molecular formula is C21H30O6S2. The summed E-state index contributed by atoms with van der Waals surface area (Å²) in [5, 5.41) is 0. The van der Waals surface area contributed by atoms with Crippen LogP contribution in [0.25, 0.3) is 0 Å². The van der Waals surface area contributed by atoms with Crippen molar-refractivity contribution in [3.05, 3.63) is 29.8 Å². The molecule has 1 saturated heterocycles. The lowest BCUT2D eigenvalue weighted by molar-refractivity contribution is -0.156. The van der Waals surface area contributed by atoms with Gasteiger partial charge in [0.05, 0.1) is 11.5 Å². The third kappa shape index (κ3) is 5.34. The van der Waals surface area contributed by atoms with Crippen molar-refractivity contribution < 1.29 is 27.5 Å². The Morgan fingerprint density at radius 2 is 1.86 bits per heavy atom. The van der Waals surface area contributed by atoms with E-state index < -0.39 is 44.3 Å². The van der Waals surface area contributed by atoms with Gasteiger partial charge in [0.1, 0.15) is 10.7 Å². The molecule has 6 nitrogen and oxygen atoms in total. The third-order valence-corrected chi connectivity index (χ3v) is 9.14. The van der Waals surface area contributed by atoms with Crippen LogP contribution in [0, 0.1) is 18.8 Å². The number of unbranched alkanes of at least 4 members (excludes halogenated alkanes) is 2. The average molecular weight is 443 g/mol. The van der Waals surface area contributed by atoms with Crippen molar-refractivity contribution in [2.45, 2.75) is 62.0 Å². The lowest BCUT2D eigenvalue weighted by Gasteiger charge is -2.27. The highest BCUT2D eigenvalue weighted by Gasteiger charge is 2.55. The Balaban J connectivity index is 2.45. The van der Waals surface area contributed by atoms with E-state index in [1.54, 1.807) is 37.4 Å². The summed E-state index contributed by atoms with van der Waals surface area (Å²) in [4.78, 5) is 25.3. The van der Waals surface area contributed by atoms with Crippen LogP contribution < -0.4 is 0 Å². The largest absolute Gasteiger partial charge is 0.465 e. The fourth-order valence-electron chi connectivity index (χ4n) is 3.69. The molecule has 1 aliphatic rings. The van der Waals surface area contributed by atoms with E-state index in [0.29, 0.717) is 6.42 Å². The highest BCUT2D eigenvalue weighted by Crippen LogP contribution is 2.42. The summed E-state index contributed by atoms with van der Waals surface area (Å²) in [5.74, 6) is -3.41. The molecule has 0 N–H and O–H groups in total. The number of thioether (sulfide) groups is 1. The van der Waals surface area contributed by atoms with E-state index in [-0.39, 0.29) is 11.5 Å². The monoisotopic (exact) mass is 442 g/mol. The van der Waals surface area contributed by atoms with Crippen LogP contribution in [0.4, 0.5) is 0 Å². The molecule has 0 spiro atoms. The molecule has 0 aliphatic carbocycles. The van der Waals surface area contributed by atoms with Crippen LogP contribution in [0.15, 0.2) is 29.2 Å². The summed E-state index contributed by atoms with van der Waals surface area (Å²) < 4.78 is 36.5. The smallest absolute Gasteiger partial charge is 0.321 e. The van der Waals surface area contributed by atoms with Gasteiger partial charge >= 0.3 is 11.9 Å². The summed E-state index contributed by atoms with van der Waals surface area (Å²) in [6.07, 6.45) is 4.32. The maximum atomic E-state index is 13.4. The first-order valence-electron chi connectivity index (χ1n) is 9.98. The molecule has 1 heterocycles. The summed E-state index contributed by atoms with van der Waals surface area (Å²) in [5.41, 5.74) is 0.950. The second-order valence-electron chi connectivity index (χ2n) is 7.24. The summed E-state index contributed by atoms with van der Waals surface area (Å²) in [6, 6.07) is 6.61. The minimum atomic E-state index is -3.80. The molecule has 0 saturated carbocycles. The van der Waals surface area contributed by atoms with Crippen LogP contribution in [-0.4, -0.2) is 43.9 Å². The number of cyclic esters (lactones) is 1. The summed E-state index contributed by atoms with van der Waals surface area (Å²) in [7, 11) is -3.80. The number of benzene rings is 1. The molecule has 2 rings (SSSR count). The molecular weight excluding hydrogens is 412 g/mol. The number of hydrogen-bond donors (Lipinski definition) is 0. The van der Waals surface area contributed by atoms with Crippen molar-refractivity contribution in [2.75, 3.05) is 12.9 Å². The lowest BCUT2D eigenvalue weighted by Crippen LogP contribution is -2.40. The van der Waals surface area contributed by atoms with E-state index in [9.17, 15) is 18.0 Å². The molecule has 0 aromatic heterocycles. The molecule has 1 aliphatic heterocycles. The molecule has 4 unspecified atom stereocenters. The number of hydrogen-bond acceptors (Lipinski definition) is 7. The second-order valence-corrected chi connectivity index (χ2v) is 10.6. The number of carbonyl (C=O) groups excluding carboxylic acids is 2. The van der Waals surface area contributed by atoms with E-state index in [1.807, 2.05) is 6.92 Å². The number of rotatable bonds is 10. The van der Waals surface area contributed by atoms with E-state index >= 15 is 0 Å². The van der Waals surface area contributed by atoms with Gasteiger partial charge in [0, 0.05) is 5.92 Å². The predicted molar refractivity (Wildman–Crippen MR) is 113 cm³/mol. The van der Waals surface area contributed by atoms with Gasteiger partial charge < -0.3 is 9.47 Å². The Morgan fingerprint density at radius 3 is 2.41 bits per heavy atom. The zero-order valence-electron chi connectivity index (χ0n) is 17.4. The van der Waals surface area contributed by atoms with Crippen LogP contribution in [0.3, 0.4) is 0 Å². The number of carbonyl (C=O) groups is 2. The maximum Gasteiger partial charge on any atom is 0.321 e. The van der Waals surface area contributed by atoms with Gasteiger partial charge in [0.15, 0.2) is 15.8 Å². The molecule has 4 atom stereocenters. The molecule has 0 bridgehead atoms. The first-order chi connectivity index (χ1) is 13.8. The fraction of sp³-hybridized carbons (Fsp3) is 0.619. The van der Waals surface area contributed by atoms with Gasteiger partial charge in [0.25, 0.3) is 0 Å². The zero-order valence-corrected chi connectivity index (χ0v) is 19.1. The minimum absolute atomic E-state index is 0.116. The molecule has 29 heavy (non-hydrogen) atoms. The summed E-state index contributed by atoms with van der Waals surface area (Å²) >= 11 is 1.13. The van der Waals surface area contributed by atoms with Crippen molar-refractivity contribution in [1.82, 2.24) is 0 Å². The maximum absolute atomic E-state index is 13.4. The predicted octanol–water partition coefficient (Wildman–Crippen LogP) is 3.76. The normalized spacial score (nSPS) is 22.9. The van der Waals surface area contributed by atoms with Gasteiger partial charge in [-0.2, -0.15) is 0 Å². The Bertz CT molecular complexity index is 803. The van der Waals surface area contributed by atoms with Crippen molar-refractivity contribution in [3.8, 4) is 0 Å². The molecule has 1 aromatic carbocycles. The molecule has 162 valence electrons. The SMILES string of the molecule is CCCCCC1OC(=O)C(C(=O)OCC)C1C(SC)S(=O)(=O)c1ccc(C)cc1.